The van der Waals surface area contributed by atoms with Gasteiger partial charge in [-0.05, 0) is 62.1 Å². The first kappa shape index (κ1) is 18.6. The molecule has 8 heteroatoms. The summed E-state index contributed by atoms with van der Waals surface area (Å²) in [4.78, 5) is 17.9. The quantitative estimate of drug-likeness (QED) is 0.815. The molecule has 4 aliphatic rings. The fourth-order valence-corrected chi connectivity index (χ4v) is 7.25. The number of benzene rings is 1. The lowest BCUT2D eigenvalue weighted by atomic mass is 9.87. The van der Waals surface area contributed by atoms with E-state index >= 15 is 0 Å². The minimum absolute atomic E-state index is 0.0509. The molecule has 0 aromatic heterocycles. The lowest BCUT2D eigenvalue weighted by Crippen LogP contribution is -2.50. The Kier molecular flexibility index (Phi) is 4.34. The Hall–Kier alpha value is -1.44. The van der Waals surface area contributed by atoms with Gasteiger partial charge in [0.25, 0.3) is 5.91 Å². The number of piperidine rings is 1. The molecule has 3 fully saturated rings. The van der Waals surface area contributed by atoms with Crippen LogP contribution in [-0.2, 0) is 14.8 Å². The summed E-state index contributed by atoms with van der Waals surface area (Å²) >= 11 is 5.96. The first-order valence-corrected chi connectivity index (χ1v) is 11.9. The molecule has 1 spiro atoms. The third-order valence-corrected chi connectivity index (χ3v) is 9.20. The maximum absolute atomic E-state index is 12.9. The molecule has 0 unspecified atom stereocenters. The molecule has 1 saturated heterocycles. The van der Waals surface area contributed by atoms with Crippen LogP contribution in [0, 0.1) is 17.8 Å². The summed E-state index contributed by atoms with van der Waals surface area (Å²) in [6.07, 6.45) is 5.78. The molecular formula is C20H24ClN3O3S. The van der Waals surface area contributed by atoms with Crippen LogP contribution < -0.4 is 5.32 Å². The molecule has 1 N–H and O–H groups in total. The minimum atomic E-state index is -3.62. The van der Waals surface area contributed by atoms with Crippen LogP contribution in [0.25, 0.3) is 0 Å². The summed E-state index contributed by atoms with van der Waals surface area (Å²) in [5, 5.41) is 3.45. The van der Waals surface area contributed by atoms with Gasteiger partial charge in [-0.3, -0.25) is 9.79 Å². The predicted molar refractivity (Wildman–Crippen MR) is 107 cm³/mol. The van der Waals surface area contributed by atoms with Crippen LogP contribution >= 0.6 is 11.6 Å². The zero-order valence-electron chi connectivity index (χ0n) is 15.6. The van der Waals surface area contributed by atoms with Crippen molar-refractivity contribution in [2.45, 2.75) is 49.0 Å². The Bertz CT molecular complexity index is 953. The van der Waals surface area contributed by atoms with Crippen LogP contribution in [0.15, 0.2) is 34.2 Å². The SMILES string of the molecule is O=C1NC([C@H]2C[C@H]3CC[C@@H]2C3)=NC12CCN(S(=O)(=O)c1cccc(Cl)c1)CC2. The summed E-state index contributed by atoms with van der Waals surface area (Å²) in [6, 6.07) is 6.31. The Balaban J connectivity index is 1.33. The van der Waals surface area contributed by atoms with E-state index in [1.54, 1.807) is 18.2 Å². The molecule has 2 saturated carbocycles. The van der Waals surface area contributed by atoms with Gasteiger partial charge in [-0.15, -0.1) is 0 Å². The molecular weight excluding hydrogens is 398 g/mol. The standard InChI is InChI=1S/C20H24ClN3O3S/c21-15-2-1-3-16(12-15)28(26,27)24-8-6-20(7-9-24)19(25)22-18(23-20)17-11-13-4-5-14(17)10-13/h1-3,12-14,17H,4-11H2,(H,22,23,25)/t13-,14+,17-/m0/s1. The van der Waals surface area contributed by atoms with E-state index in [0.717, 1.165) is 18.2 Å². The zero-order valence-corrected chi connectivity index (χ0v) is 17.2. The van der Waals surface area contributed by atoms with Gasteiger partial charge in [0, 0.05) is 24.0 Å². The van der Waals surface area contributed by atoms with Gasteiger partial charge in [0.05, 0.1) is 4.90 Å². The monoisotopic (exact) mass is 421 g/mol. The number of fused-ring (bicyclic) bond motifs is 2. The average molecular weight is 422 g/mol. The number of amides is 1. The maximum atomic E-state index is 12.9. The molecule has 5 rings (SSSR count). The number of sulfonamides is 1. The molecule has 1 amide bonds. The summed E-state index contributed by atoms with van der Waals surface area (Å²) in [5.41, 5.74) is -0.794. The number of nitrogens with one attached hydrogen (secondary N) is 1. The van der Waals surface area contributed by atoms with Crippen LogP contribution in [0.2, 0.25) is 5.02 Å². The van der Waals surface area contributed by atoms with E-state index in [9.17, 15) is 13.2 Å². The van der Waals surface area contributed by atoms with Gasteiger partial charge in [-0.25, -0.2) is 8.42 Å². The summed E-state index contributed by atoms with van der Waals surface area (Å²) < 4.78 is 27.3. The molecule has 3 atom stereocenters. The molecule has 28 heavy (non-hydrogen) atoms. The second-order valence-corrected chi connectivity index (χ2v) is 11.0. The van der Waals surface area contributed by atoms with E-state index in [4.69, 9.17) is 16.6 Å². The van der Waals surface area contributed by atoms with Crippen molar-refractivity contribution in [3.05, 3.63) is 29.3 Å². The van der Waals surface area contributed by atoms with E-state index in [2.05, 4.69) is 5.32 Å². The molecule has 2 bridgehead atoms. The average Bonchev–Trinajstić information content (AvgIpc) is 3.38. The Labute approximate surface area is 170 Å². The topological polar surface area (TPSA) is 78.8 Å². The number of rotatable bonds is 3. The van der Waals surface area contributed by atoms with Crippen LogP contribution in [0.5, 0.6) is 0 Å². The van der Waals surface area contributed by atoms with Crippen molar-refractivity contribution < 1.29 is 13.2 Å². The predicted octanol–water partition coefficient (Wildman–Crippen LogP) is 2.83. The minimum Gasteiger partial charge on any atom is -0.312 e. The van der Waals surface area contributed by atoms with E-state index < -0.39 is 15.6 Å². The summed E-state index contributed by atoms with van der Waals surface area (Å²) in [6.45, 7) is 0.575. The molecule has 1 aromatic rings. The van der Waals surface area contributed by atoms with Crippen molar-refractivity contribution in [2.24, 2.45) is 22.7 Å². The van der Waals surface area contributed by atoms with Gasteiger partial charge in [0.2, 0.25) is 10.0 Å². The molecule has 150 valence electrons. The molecule has 0 radical (unpaired) electrons. The van der Waals surface area contributed by atoms with Gasteiger partial charge < -0.3 is 5.32 Å². The Morgan fingerprint density at radius 1 is 1.18 bits per heavy atom. The Morgan fingerprint density at radius 2 is 1.96 bits per heavy atom. The summed E-state index contributed by atoms with van der Waals surface area (Å²) in [7, 11) is -3.62. The van der Waals surface area contributed by atoms with Gasteiger partial charge >= 0.3 is 0 Å². The first-order chi connectivity index (χ1) is 13.4. The number of nitrogens with zero attached hydrogens (tertiary/aromatic N) is 2. The molecule has 6 nitrogen and oxygen atoms in total. The highest BCUT2D eigenvalue weighted by Gasteiger charge is 2.51. The smallest absolute Gasteiger partial charge is 0.253 e. The number of halogens is 1. The highest BCUT2D eigenvalue weighted by molar-refractivity contribution is 7.89. The van der Waals surface area contributed by atoms with E-state index in [0.29, 0.717) is 29.7 Å². The Morgan fingerprint density at radius 3 is 2.61 bits per heavy atom. The maximum Gasteiger partial charge on any atom is 0.253 e. The number of aliphatic imine (C=N–C) groups is 1. The van der Waals surface area contributed by atoms with Crippen LogP contribution in [0.4, 0.5) is 0 Å². The van der Waals surface area contributed by atoms with Gasteiger partial charge in [0.1, 0.15) is 11.4 Å². The van der Waals surface area contributed by atoms with Gasteiger partial charge in [0.15, 0.2) is 0 Å². The zero-order chi connectivity index (χ0) is 19.5. The lowest BCUT2D eigenvalue weighted by molar-refractivity contribution is -0.125. The van der Waals surface area contributed by atoms with Crippen molar-refractivity contribution in [2.75, 3.05) is 13.1 Å². The van der Waals surface area contributed by atoms with E-state index in [1.165, 1.54) is 29.6 Å². The van der Waals surface area contributed by atoms with Crippen molar-refractivity contribution in [1.29, 1.82) is 0 Å². The fourth-order valence-electron chi connectivity index (χ4n) is 5.51. The highest BCUT2D eigenvalue weighted by atomic mass is 35.5. The first-order valence-electron chi connectivity index (χ1n) is 10.0. The van der Waals surface area contributed by atoms with E-state index in [-0.39, 0.29) is 23.9 Å². The number of hydrogen-bond donors (Lipinski definition) is 1. The lowest BCUT2D eigenvalue weighted by Gasteiger charge is -2.34. The van der Waals surface area contributed by atoms with Crippen LogP contribution in [0.1, 0.15) is 38.5 Å². The number of amidine groups is 1. The number of hydrogen-bond acceptors (Lipinski definition) is 4. The molecule has 2 heterocycles. The largest absolute Gasteiger partial charge is 0.312 e. The van der Waals surface area contributed by atoms with Crippen LogP contribution in [0.3, 0.4) is 0 Å². The van der Waals surface area contributed by atoms with Gasteiger partial charge in [-0.2, -0.15) is 4.31 Å². The fraction of sp³-hybridized carbons (Fsp3) is 0.600. The van der Waals surface area contributed by atoms with Crippen LogP contribution in [-0.4, -0.2) is 43.1 Å². The third-order valence-electron chi connectivity index (χ3n) is 7.07. The normalized spacial score (nSPS) is 32.0. The van der Waals surface area contributed by atoms with Gasteiger partial charge in [-0.1, -0.05) is 24.1 Å². The molecule has 2 aliphatic carbocycles. The van der Waals surface area contributed by atoms with Crippen molar-refractivity contribution in [3.8, 4) is 0 Å². The van der Waals surface area contributed by atoms with Crippen molar-refractivity contribution in [1.82, 2.24) is 9.62 Å². The summed E-state index contributed by atoms with van der Waals surface area (Å²) in [5.74, 6) is 2.64. The van der Waals surface area contributed by atoms with Crippen molar-refractivity contribution >= 4 is 33.4 Å². The van der Waals surface area contributed by atoms with Crippen molar-refractivity contribution in [3.63, 3.8) is 0 Å². The second kappa shape index (κ2) is 6.54. The van der Waals surface area contributed by atoms with E-state index in [1.807, 2.05) is 0 Å². The molecule has 1 aromatic carbocycles. The third kappa shape index (κ3) is 2.90. The number of carbonyl (C=O) groups is 1. The second-order valence-electron chi connectivity index (χ2n) is 8.63. The highest BCUT2D eigenvalue weighted by Crippen LogP contribution is 2.49. The number of carbonyl (C=O) groups excluding carboxylic acids is 1. The molecule has 2 aliphatic heterocycles.